The number of nitrogens with zero attached hydrogens (tertiary/aromatic N) is 1. The molecule has 0 spiro atoms. The molecule has 0 saturated carbocycles. The second kappa shape index (κ2) is 11.4. The highest BCUT2D eigenvalue weighted by Gasteiger charge is 2.40. The summed E-state index contributed by atoms with van der Waals surface area (Å²) in [5, 5.41) is 0. The lowest BCUT2D eigenvalue weighted by atomic mass is 9.94. The largest absolute Gasteiger partial charge is 0.469 e. The van der Waals surface area contributed by atoms with Crippen LogP contribution in [0.4, 0.5) is 4.79 Å². The number of hydrogen-bond donors (Lipinski definition) is 0. The van der Waals surface area contributed by atoms with Crippen molar-refractivity contribution in [2.75, 3.05) is 27.4 Å². The van der Waals surface area contributed by atoms with Gasteiger partial charge in [-0.25, -0.2) is 9.69 Å². The van der Waals surface area contributed by atoms with E-state index < -0.39 is 12.0 Å². The van der Waals surface area contributed by atoms with E-state index in [0.717, 1.165) is 18.4 Å². The average molecular weight is 391 g/mol. The average Bonchev–Trinajstić information content (AvgIpc) is 3.07. The highest BCUT2D eigenvalue weighted by Crippen LogP contribution is 2.25. The maximum Gasteiger partial charge on any atom is 0.416 e. The van der Waals surface area contributed by atoms with Crippen LogP contribution in [0.3, 0.4) is 0 Å². The third-order valence-corrected chi connectivity index (χ3v) is 4.94. The summed E-state index contributed by atoms with van der Waals surface area (Å²) in [6, 6.07) is 9.37. The van der Waals surface area contributed by atoms with E-state index in [0.29, 0.717) is 25.9 Å². The number of hydrogen-bond acceptors (Lipinski definition) is 6. The molecule has 2 rings (SSSR count). The van der Waals surface area contributed by atoms with Crippen LogP contribution in [0.25, 0.3) is 0 Å². The number of cyclic esters (lactones) is 1. The summed E-state index contributed by atoms with van der Waals surface area (Å²) in [4.78, 5) is 38.2. The van der Waals surface area contributed by atoms with E-state index in [2.05, 4.69) is 0 Å². The number of carbonyl (C=O) groups excluding carboxylic acids is 3. The molecular weight excluding hydrogens is 362 g/mol. The maximum absolute atomic E-state index is 13.2. The molecule has 2 amide bonds. The number of unbranched alkanes of at least 4 members (excludes halogenated alkanes) is 1. The first-order valence-corrected chi connectivity index (χ1v) is 9.66. The monoisotopic (exact) mass is 391 g/mol. The van der Waals surface area contributed by atoms with Crippen molar-refractivity contribution < 1.29 is 28.6 Å². The SMILES string of the molecule is COCCCCC(CCC(=O)OC)C(=O)N1C(=O)OCC1Cc1ccccc1. The fourth-order valence-electron chi connectivity index (χ4n) is 3.39. The van der Waals surface area contributed by atoms with Crippen molar-refractivity contribution in [1.82, 2.24) is 4.90 Å². The number of rotatable bonds is 11. The van der Waals surface area contributed by atoms with E-state index in [1.807, 2.05) is 30.3 Å². The molecule has 2 atom stereocenters. The van der Waals surface area contributed by atoms with Crippen molar-refractivity contribution >= 4 is 18.0 Å². The Bertz CT molecular complexity index is 648. The quantitative estimate of drug-likeness (QED) is 0.426. The molecule has 0 radical (unpaired) electrons. The van der Waals surface area contributed by atoms with Gasteiger partial charge in [-0.2, -0.15) is 0 Å². The van der Waals surface area contributed by atoms with Crippen molar-refractivity contribution in [3.8, 4) is 0 Å². The van der Waals surface area contributed by atoms with Gasteiger partial charge >= 0.3 is 12.1 Å². The zero-order chi connectivity index (χ0) is 20.4. The normalized spacial score (nSPS) is 17.3. The van der Waals surface area contributed by atoms with Gasteiger partial charge in [-0.05, 0) is 31.2 Å². The summed E-state index contributed by atoms with van der Waals surface area (Å²) in [5.74, 6) is -1.07. The molecule has 1 fully saturated rings. The summed E-state index contributed by atoms with van der Waals surface area (Å²) in [6.45, 7) is 0.799. The molecule has 0 N–H and O–H groups in total. The van der Waals surface area contributed by atoms with E-state index in [1.54, 1.807) is 7.11 Å². The van der Waals surface area contributed by atoms with Crippen LogP contribution in [-0.2, 0) is 30.2 Å². The summed E-state index contributed by atoms with van der Waals surface area (Å²) < 4.78 is 14.9. The van der Waals surface area contributed by atoms with Gasteiger partial charge < -0.3 is 14.2 Å². The molecule has 1 aliphatic rings. The van der Waals surface area contributed by atoms with Gasteiger partial charge in [-0.1, -0.05) is 36.8 Å². The number of esters is 1. The van der Waals surface area contributed by atoms with Gasteiger partial charge in [0, 0.05) is 26.1 Å². The number of carbonyl (C=O) groups is 3. The first-order valence-electron chi connectivity index (χ1n) is 9.66. The molecular formula is C21H29NO6. The lowest BCUT2D eigenvalue weighted by Crippen LogP contribution is -2.43. The van der Waals surface area contributed by atoms with Crippen LogP contribution in [0.5, 0.6) is 0 Å². The third-order valence-electron chi connectivity index (χ3n) is 4.94. The van der Waals surface area contributed by atoms with Gasteiger partial charge in [-0.15, -0.1) is 0 Å². The molecule has 1 saturated heterocycles. The fraction of sp³-hybridized carbons (Fsp3) is 0.571. The minimum Gasteiger partial charge on any atom is -0.469 e. The van der Waals surface area contributed by atoms with Gasteiger partial charge in [0.15, 0.2) is 0 Å². The van der Waals surface area contributed by atoms with Crippen LogP contribution < -0.4 is 0 Å². The predicted octanol–water partition coefficient (Wildman–Crippen LogP) is 2.96. The smallest absolute Gasteiger partial charge is 0.416 e. The van der Waals surface area contributed by atoms with Crippen LogP contribution in [-0.4, -0.2) is 56.3 Å². The molecule has 0 bridgehead atoms. The Balaban J connectivity index is 2.06. The molecule has 1 aromatic carbocycles. The molecule has 154 valence electrons. The molecule has 1 heterocycles. The number of ether oxygens (including phenoxy) is 3. The molecule has 1 aliphatic heterocycles. The second-order valence-electron chi connectivity index (χ2n) is 6.93. The van der Waals surface area contributed by atoms with Crippen LogP contribution in [0.2, 0.25) is 0 Å². The van der Waals surface area contributed by atoms with E-state index in [9.17, 15) is 14.4 Å². The molecule has 7 heteroatoms. The molecule has 28 heavy (non-hydrogen) atoms. The molecule has 1 aromatic rings. The topological polar surface area (TPSA) is 82.1 Å². The summed E-state index contributed by atoms with van der Waals surface area (Å²) in [6.07, 6.45) is 2.61. The van der Waals surface area contributed by atoms with Gasteiger partial charge in [0.2, 0.25) is 5.91 Å². The number of amides is 2. The lowest BCUT2D eigenvalue weighted by Gasteiger charge is -2.25. The van der Waals surface area contributed by atoms with Gasteiger partial charge in [-0.3, -0.25) is 9.59 Å². The Morgan fingerprint density at radius 2 is 1.93 bits per heavy atom. The minimum absolute atomic E-state index is 0.142. The van der Waals surface area contributed by atoms with Gasteiger partial charge in [0.25, 0.3) is 0 Å². The van der Waals surface area contributed by atoms with Gasteiger partial charge in [0.05, 0.1) is 13.2 Å². The highest BCUT2D eigenvalue weighted by atomic mass is 16.6. The predicted molar refractivity (Wildman–Crippen MR) is 103 cm³/mol. The molecule has 0 aliphatic carbocycles. The van der Waals surface area contributed by atoms with Crippen LogP contribution >= 0.6 is 0 Å². The number of methoxy groups -OCH3 is 2. The lowest BCUT2D eigenvalue weighted by molar-refractivity contribution is -0.141. The van der Waals surface area contributed by atoms with Crippen LogP contribution in [0.15, 0.2) is 30.3 Å². The zero-order valence-electron chi connectivity index (χ0n) is 16.6. The Morgan fingerprint density at radius 3 is 2.61 bits per heavy atom. The Kier molecular flexibility index (Phi) is 8.94. The van der Waals surface area contributed by atoms with Gasteiger partial charge in [0.1, 0.15) is 6.61 Å². The fourth-order valence-corrected chi connectivity index (χ4v) is 3.39. The zero-order valence-corrected chi connectivity index (χ0v) is 16.6. The van der Waals surface area contributed by atoms with E-state index in [-0.39, 0.29) is 30.9 Å². The van der Waals surface area contributed by atoms with Crippen molar-refractivity contribution in [1.29, 1.82) is 0 Å². The summed E-state index contributed by atoms with van der Waals surface area (Å²) in [5.41, 5.74) is 1.04. The second-order valence-corrected chi connectivity index (χ2v) is 6.93. The standard InChI is InChI=1S/C21H29NO6/c1-26-13-7-6-10-17(11-12-19(23)27-2)20(24)22-18(15-28-21(22)25)14-16-8-4-3-5-9-16/h3-5,8-9,17-18H,6-7,10-15H2,1-2H3. The molecule has 0 aromatic heterocycles. The maximum atomic E-state index is 13.2. The van der Waals surface area contributed by atoms with Crippen molar-refractivity contribution in [2.24, 2.45) is 5.92 Å². The van der Waals surface area contributed by atoms with Crippen LogP contribution in [0, 0.1) is 5.92 Å². The Morgan fingerprint density at radius 1 is 1.18 bits per heavy atom. The number of benzene rings is 1. The summed E-state index contributed by atoms with van der Waals surface area (Å²) in [7, 11) is 2.96. The highest BCUT2D eigenvalue weighted by molar-refractivity contribution is 5.95. The first kappa shape index (κ1) is 21.9. The Labute approximate surface area is 165 Å². The Hall–Kier alpha value is -2.41. The van der Waals surface area contributed by atoms with E-state index in [4.69, 9.17) is 14.2 Å². The van der Waals surface area contributed by atoms with Crippen molar-refractivity contribution in [3.05, 3.63) is 35.9 Å². The molecule has 2 unspecified atom stereocenters. The summed E-state index contributed by atoms with van der Waals surface area (Å²) >= 11 is 0. The first-order chi connectivity index (χ1) is 13.6. The van der Waals surface area contributed by atoms with Crippen molar-refractivity contribution in [2.45, 2.75) is 44.6 Å². The van der Waals surface area contributed by atoms with E-state index in [1.165, 1.54) is 12.0 Å². The van der Waals surface area contributed by atoms with Crippen LogP contribution in [0.1, 0.15) is 37.7 Å². The van der Waals surface area contributed by atoms with Crippen molar-refractivity contribution in [3.63, 3.8) is 0 Å². The van der Waals surface area contributed by atoms with E-state index >= 15 is 0 Å². The number of imide groups is 1. The third kappa shape index (κ3) is 6.34. The minimum atomic E-state index is -0.606. The molecule has 7 nitrogen and oxygen atoms in total.